The molecule has 1 atom stereocenters. The highest BCUT2D eigenvalue weighted by molar-refractivity contribution is 9.10. The van der Waals surface area contributed by atoms with Crippen LogP contribution in [0.3, 0.4) is 0 Å². The predicted octanol–water partition coefficient (Wildman–Crippen LogP) is 2.64. The molecule has 2 rings (SSSR count). The quantitative estimate of drug-likeness (QED) is 0.808. The van der Waals surface area contributed by atoms with Gasteiger partial charge in [-0.3, -0.25) is 0 Å². The molecule has 2 nitrogen and oxygen atoms in total. The number of aromatic nitrogens is 1. The third-order valence-electron chi connectivity index (χ3n) is 2.80. The van der Waals surface area contributed by atoms with Crippen LogP contribution < -0.4 is 5.73 Å². The van der Waals surface area contributed by atoms with Gasteiger partial charge >= 0.3 is 0 Å². The standard InChI is InChI=1S/C10H13BrN2/c11-10-8(5-2-6-13-10)9(12)7-3-1-4-7/h2,5-7,9H,1,3-4,12H2. The maximum Gasteiger partial charge on any atom is 0.110 e. The van der Waals surface area contributed by atoms with Crippen LogP contribution in [0.1, 0.15) is 30.9 Å². The molecular weight excluding hydrogens is 228 g/mol. The smallest absolute Gasteiger partial charge is 0.110 e. The first kappa shape index (κ1) is 9.16. The van der Waals surface area contributed by atoms with E-state index < -0.39 is 0 Å². The van der Waals surface area contributed by atoms with E-state index in [9.17, 15) is 0 Å². The summed E-state index contributed by atoms with van der Waals surface area (Å²) in [5, 5.41) is 0. The number of rotatable bonds is 2. The van der Waals surface area contributed by atoms with E-state index in [0.717, 1.165) is 10.2 Å². The molecule has 3 heteroatoms. The van der Waals surface area contributed by atoms with Crippen LogP contribution in [0.5, 0.6) is 0 Å². The summed E-state index contributed by atoms with van der Waals surface area (Å²) < 4.78 is 0.898. The summed E-state index contributed by atoms with van der Waals surface area (Å²) in [5.74, 6) is 0.667. The second kappa shape index (κ2) is 3.76. The highest BCUT2D eigenvalue weighted by atomic mass is 79.9. The van der Waals surface area contributed by atoms with Gasteiger partial charge in [-0.05, 0) is 40.8 Å². The molecule has 0 bridgehead atoms. The number of pyridine rings is 1. The molecule has 1 unspecified atom stereocenters. The van der Waals surface area contributed by atoms with Crippen LogP contribution in [0.4, 0.5) is 0 Å². The zero-order valence-electron chi connectivity index (χ0n) is 7.41. The van der Waals surface area contributed by atoms with Crippen LogP contribution in [0.15, 0.2) is 22.9 Å². The zero-order chi connectivity index (χ0) is 9.26. The first-order chi connectivity index (χ1) is 6.29. The number of nitrogens with zero attached hydrogens (tertiary/aromatic N) is 1. The van der Waals surface area contributed by atoms with E-state index in [0.29, 0.717) is 5.92 Å². The van der Waals surface area contributed by atoms with E-state index >= 15 is 0 Å². The Morgan fingerprint density at radius 1 is 1.54 bits per heavy atom. The van der Waals surface area contributed by atoms with Crippen LogP contribution in [0, 0.1) is 5.92 Å². The fourth-order valence-electron chi connectivity index (χ4n) is 1.70. The van der Waals surface area contributed by atoms with Gasteiger partial charge in [0.2, 0.25) is 0 Å². The SMILES string of the molecule is NC(c1cccnc1Br)C1CCC1. The van der Waals surface area contributed by atoms with Crippen LogP contribution in [-0.4, -0.2) is 4.98 Å². The number of hydrogen-bond acceptors (Lipinski definition) is 2. The Morgan fingerprint density at radius 2 is 2.31 bits per heavy atom. The van der Waals surface area contributed by atoms with Gasteiger partial charge < -0.3 is 5.73 Å². The Balaban J connectivity index is 2.18. The van der Waals surface area contributed by atoms with E-state index in [1.165, 1.54) is 19.3 Å². The van der Waals surface area contributed by atoms with Crippen molar-refractivity contribution in [3.05, 3.63) is 28.5 Å². The van der Waals surface area contributed by atoms with Gasteiger partial charge in [-0.25, -0.2) is 4.98 Å². The summed E-state index contributed by atoms with van der Waals surface area (Å²) in [6.45, 7) is 0. The van der Waals surface area contributed by atoms with E-state index in [1.54, 1.807) is 6.20 Å². The number of halogens is 1. The second-order valence-corrected chi connectivity index (χ2v) is 4.35. The molecule has 0 aromatic carbocycles. The molecule has 13 heavy (non-hydrogen) atoms. The minimum atomic E-state index is 0.164. The Labute approximate surface area is 86.7 Å². The van der Waals surface area contributed by atoms with Gasteiger partial charge in [0, 0.05) is 17.8 Å². The van der Waals surface area contributed by atoms with Crippen molar-refractivity contribution in [3.8, 4) is 0 Å². The first-order valence-electron chi connectivity index (χ1n) is 4.65. The maximum absolute atomic E-state index is 6.13. The van der Waals surface area contributed by atoms with Gasteiger partial charge in [-0.1, -0.05) is 12.5 Å². The van der Waals surface area contributed by atoms with Crippen molar-refractivity contribution in [2.45, 2.75) is 25.3 Å². The van der Waals surface area contributed by atoms with E-state index in [2.05, 4.69) is 27.0 Å². The predicted molar refractivity (Wildman–Crippen MR) is 56.2 cm³/mol. The van der Waals surface area contributed by atoms with Crippen molar-refractivity contribution in [1.29, 1.82) is 0 Å². The van der Waals surface area contributed by atoms with Crippen molar-refractivity contribution >= 4 is 15.9 Å². The van der Waals surface area contributed by atoms with Gasteiger partial charge in [0.25, 0.3) is 0 Å². The normalized spacial score (nSPS) is 19.5. The van der Waals surface area contributed by atoms with E-state index in [1.807, 2.05) is 6.07 Å². The lowest BCUT2D eigenvalue weighted by Crippen LogP contribution is -2.27. The first-order valence-corrected chi connectivity index (χ1v) is 5.44. The summed E-state index contributed by atoms with van der Waals surface area (Å²) in [5.41, 5.74) is 7.28. The molecule has 1 heterocycles. The molecule has 1 fully saturated rings. The van der Waals surface area contributed by atoms with Crippen LogP contribution >= 0.6 is 15.9 Å². The van der Waals surface area contributed by atoms with Crippen LogP contribution in [0.2, 0.25) is 0 Å². The van der Waals surface area contributed by atoms with Crippen LogP contribution in [-0.2, 0) is 0 Å². The van der Waals surface area contributed by atoms with Crippen molar-refractivity contribution < 1.29 is 0 Å². The van der Waals surface area contributed by atoms with Crippen molar-refractivity contribution in [3.63, 3.8) is 0 Å². The molecule has 0 spiro atoms. The average molecular weight is 241 g/mol. The Hall–Kier alpha value is -0.410. The summed E-state index contributed by atoms with van der Waals surface area (Å²) in [4.78, 5) is 4.18. The monoisotopic (exact) mass is 240 g/mol. The average Bonchev–Trinajstić information content (AvgIpc) is 2.01. The highest BCUT2D eigenvalue weighted by Crippen LogP contribution is 2.37. The molecule has 2 N–H and O–H groups in total. The van der Waals surface area contributed by atoms with Gasteiger partial charge in [0.15, 0.2) is 0 Å². The molecule has 1 saturated carbocycles. The third kappa shape index (κ3) is 1.76. The van der Waals surface area contributed by atoms with E-state index in [-0.39, 0.29) is 6.04 Å². The molecule has 1 aliphatic carbocycles. The van der Waals surface area contributed by atoms with Gasteiger partial charge in [-0.15, -0.1) is 0 Å². The topological polar surface area (TPSA) is 38.9 Å². The van der Waals surface area contributed by atoms with Crippen LogP contribution in [0.25, 0.3) is 0 Å². The summed E-state index contributed by atoms with van der Waals surface area (Å²) in [7, 11) is 0. The largest absolute Gasteiger partial charge is 0.324 e. The minimum absolute atomic E-state index is 0.164. The third-order valence-corrected chi connectivity index (χ3v) is 3.47. The summed E-state index contributed by atoms with van der Waals surface area (Å²) >= 11 is 3.43. The lowest BCUT2D eigenvalue weighted by atomic mass is 9.78. The summed E-state index contributed by atoms with van der Waals surface area (Å²) in [6.07, 6.45) is 5.64. The van der Waals surface area contributed by atoms with Crippen molar-refractivity contribution in [2.24, 2.45) is 11.7 Å². The maximum atomic E-state index is 6.13. The number of nitrogens with two attached hydrogens (primary N) is 1. The Morgan fingerprint density at radius 3 is 2.85 bits per heavy atom. The molecule has 1 aliphatic rings. The van der Waals surface area contributed by atoms with Crippen molar-refractivity contribution in [2.75, 3.05) is 0 Å². The minimum Gasteiger partial charge on any atom is -0.324 e. The highest BCUT2D eigenvalue weighted by Gasteiger charge is 2.26. The summed E-state index contributed by atoms with van der Waals surface area (Å²) in [6, 6.07) is 4.16. The van der Waals surface area contributed by atoms with Gasteiger partial charge in [-0.2, -0.15) is 0 Å². The second-order valence-electron chi connectivity index (χ2n) is 3.60. The molecule has 0 amide bonds. The molecular formula is C10H13BrN2. The fourth-order valence-corrected chi connectivity index (χ4v) is 2.21. The molecule has 0 aliphatic heterocycles. The van der Waals surface area contributed by atoms with Gasteiger partial charge in [0.05, 0.1) is 0 Å². The number of hydrogen-bond donors (Lipinski definition) is 1. The lowest BCUT2D eigenvalue weighted by molar-refractivity contribution is 0.263. The van der Waals surface area contributed by atoms with Crippen molar-refractivity contribution in [1.82, 2.24) is 4.98 Å². The molecule has 1 aromatic rings. The Bertz CT molecular complexity index is 297. The lowest BCUT2D eigenvalue weighted by Gasteiger charge is -2.31. The molecule has 70 valence electrons. The fraction of sp³-hybridized carbons (Fsp3) is 0.500. The molecule has 0 radical (unpaired) electrons. The zero-order valence-corrected chi connectivity index (χ0v) is 9.00. The van der Waals surface area contributed by atoms with E-state index in [4.69, 9.17) is 5.73 Å². The van der Waals surface area contributed by atoms with Gasteiger partial charge in [0.1, 0.15) is 4.60 Å². The molecule has 0 saturated heterocycles. The molecule has 1 aromatic heterocycles. The Kier molecular flexibility index (Phi) is 2.65.